The normalized spacial score (nSPS) is 20.8. The number of hydrogen-bond donors (Lipinski definition) is 1. The molecule has 1 atom stereocenters. The molecule has 1 fully saturated rings. The zero-order valence-electron chi connectivity index (χ0n) is 12.1. The van der Waals surface area contributed by atoms with Gasteiger partial charge < -0.3 is 10.2 Å². The SMILES string of the molecule is CC1CN(C(=O)CNC(=O)c2cnccn2)CC1(C)C. The predicted molar refractivity (Wildman–Crippen MR) is 73.9 cm³/mol. The lowest BCUT2D eigenvalue weighted by Gasteiger charge is -2.22. The summed E-state index contributed by atoms with van der Waals surface area (Å²) in [5, 5.41) is 2.59. The predicted octanol–water partition coefficient (Wildman–Crippen LogP) is 0.711. The first-order valence-electron chi connectivity index (χ1n) is 6.72. The molecule has 0 aliphatic carbocycles. The molecule has 0 radical (unpaired) electrons. The quantitative estimate of drug-likeness (QED) is 0.882. The standard InChI is InChI=1S/C14H20N4O2/c1-10-8-18(9-14(10,2)3)12(19)7-17-13(20)11-6-15-4-5-16-11/h4-6,10H,7-9H2,1-3H3,(H,17,20). The van der Waals surface area contributed by atoms with Gasteiger partial charge in [-0.3, -0.25) is 14.6 Å². The van der Waals surface area contributed by atoms with Crippen LogP contribution in [-0.2, 0) is 4.79 Å². The zero-order valence-corrected chi connectivity index (χ0v) is 12.1. The number of amides is 2. The largest absolute Gasteiger partial charge is 0.342 e. The Morgan fingerprint density at radius 3 is 2.75 bits per heavy atom. The first-order valence-corrected chi connectivity index (χ1v) is 6.72. The van der Waals surface area contributed by atoms with Gasteiger partial charge in [0.2, 0.25) is 5.91 Å². The van der Waals surface area contributed by atoms with Crippen LogP contribution in [0.4, 0.5) is 0 Å². The summed E-state index contributed by atoms with van der Waals surface area (Å²) in [6.07, 6.45) is 4.32. The molecule has 1 aliphatic rings. The summed E-state index contributed by atoms with van der Waals surface area (Å²) in [6.45, 7) is 7.93. The van der Waals surface area contributed by atoms with Gasteiger partial charge in [-0.25, -0.2) is 4.98 Å². The van der Waals surface area contributed by atoms with Crippen molar-refractivity contribution in [1.82, 2.24) is 20.2 Å². The van der Waals surface area contributed by atoms with Gasteiger partial charge in [-0.1, -0.05) is 20.8 Å². The Labute approximate surface area is 118 Å². The van der Waals surface area contributed by atoms with Gasteiger partial charge in [0.15, 0.2) is 0 Å². The van der Waals surface area contributed by atoms with Crippen molar-refractivity contribution in [3.63, 3.8) is 0 Å². The van der Waals surface area contributed by atoms with Gasteiger partial charge >= 0.3 is 0 Å². The summed E-state index contributed by atoms with van der Waals surface area (Å²) in [7, 11) is 0. The van der Waals surface area contributed by atoms with E-state index in [1.165, 1.54) is 18.6 Å². The summed E-state index contributed by atoms with van der Waals surface area (Å²) >= 11 is 0. The monoisotopic (exact) mass is 276 g/mol. The van der Waals surface area contributed by atoms with E-state index in [9.17, 15) is 9.59 Å². The van der Waals surface area contributed by atoms with Crippen molar-refractivity contribution in [2.24, 2.45) is 11.3 Å². The summed E-state index contributed by atoms with van der Waals surface area (Å²) in [6, 6.07) is 0. The van der Waals surface area contributed by atoms with Crippen molar-refractivity contribution in [3.8, 4) is 0 Å². The average molecular weight is 276 g/mol. The Bertz CT molecular complexity index is 501. The van der Waals surface area contributed by atoms with Gasteiger partial charge in [0, 0.05) is 25.5 Å². The third kappa shape index (κ3) is 3.12. The van der Waals surface area contributed by atoms with Crippen molar-refractivity contribution >= 4 is 11.8 Å². The first-order chi connectivity index (χ1) is 9.40. The molecule has 1 N–H and O–H groups in total. The van der Waals surface area contributed by atoms with E-state index >= 15 is 0 Å². The summed E-state index contributed by atoms with van der Waals surface area (Å²) < 4.78 is 0. The highest BCUT2D eigenvalue weighted by Gasteiger charge is 2.38. The second kappa shape index (κ2) is 5.56. The molecule has 0 spiro atoms. The summed E-state index contributed by atoms with van der Waals surface area (Å²) in [4.78, 5) is 33.4. The molecular weight excluding hydrogens is 256 g/mol. The van der Waals surface area contributed by atoms with E-state index < -0.39 is 0 Å². The first kappa shape index (κ1) is 14.4. The lowest BCUT2D eigenvalue weighted by molar-refractivity contribution is -0.129. The lowest BCUT2D eigenvalue weighted by Crippen LogP contribution is -2.39. The van der Waals surface area contributed by atoms with Gasteiger partial charge in [-0.15, -0.1) is 0 Å². The fourth-order valence-electron chi connectivity index (χ4n) is 2.25. The van der Waals surface area contributed by atoms with Crippen LogP contribution in [0.15, 0.2) is 18.6 Å². The van der Waals surface area contributed by atoms with E-state index in [2.05, 4.69) is 36.1 Å². The Morgan fingerprint density at radius 2 is 2.20 bits per heavy atom. The van der Waals surface area contributed by atoms with E-state index in [4.69, 9.17) is 0 Å². The van der Waals surface area contributed by atoms with Crippen molar-refractivity contribution in [3.05, 3.63) is 24.3 Å². The number of likely N-dealkylation sites (tertiary alicyclic amines) is 1. The van der Waals surface area contributed by atoms with Gasteiger partial charge in [0.25, 0.3) is 5.91 Å². The highest BCUT2D eigenvalue weighted by molar-refractivity contribution is 5.94. The van der Waals surface area contributed by atoms with Gasteiger partial charge in [0.1, 0.15) is 5.69 Å². The molecule has 0 saturated carbocycles. The molecule has 1 unspecified atom stereocenters. The number of aromatic nitrogens is 2. The Balaban J connectivity index is 1.86. The molecule has 1 aromatic heterocycles. The van der Waals surface area contributed by atoms with E-state index in [0.717, 1.165) is 13.1 Å². The Kier molecular flexibility index (Phi) is 4.01. The smallest absolute Gasteiger partial charge is 0.271 e. The maximum Gasteiger partial charge on any atom is 0.271 e. The molecule has 6 heteroatoms. The molecule has 0 aromatic carbocycles. The van der Waals surface area contributed by atoms with E-state index in [-0.39, 0.29) is 29.5 Å². The third-order valence-corrected chi connectivity index (χ3v) is 3.98. The fraction of sp³-hybridized carbons (Fsp3) is 0.571. The number of nitrogens with one attached hydrogen (secondary N) is 1. The minimum Gasteiger partial charge on any atom is -0.342 e. The van der Waals surface area contributed by atoms with Crippen LogP contribution in [0.5, 0.6) is 0 Å². The third-order valence-electron chi connectivity index (χ3n) is 3.98. The molecule has 2 heterocycles. The van der Waals surface area contributed by atoms with Gasteiger partial charge in [-0.05, 0) is 11.3 Å². The second-order valence-electron chi connectivity index (χ2n) is 5.94. The number of carbonyl (C=O) groups is 2. The van der Waals surface area contributed by atoms with E-state index in [1.54, 1.807) is 0 Å². The highest BCUT2D eigenvalue weighted by atomic mass is 16.2. The minimum atomic E-state index is -0.377. The van der Waals surface area contributed by atoms with Gasteiger partial charge in [0.05, 0.1) is 12.7 Å². The molecule has 6 nitrogen and oxygen atoms in total. The molecule has 1 aromatic rings. The zero-order chi connectivity index (χ0) is 14.8. The molecule has 0 bridgehead atoms. The van der Waals surface area contributed by atoms with Crippen LogP contribution in [0.2, 0.25) is 0 Å². The van der Waals surface area contributed by atoms with Crippen LogP contribution >= 0.6 is 0 Å². The molecule has 20 heavy (non-hydrogen) atoms. The minimum absolute atomic E-state index is 0.00178. The summed E-state index contributed by atoms with van der Waals surface area (Å²) in [5.74, 6) is 0.0276. The molecule has 1 aliphatic heterocycles. The Morgan fingerprint density at radius 1 is 1.45 bits per heavy atom. The maximum absolute atomic E-state index is 12.1. The van der Waals surface area contributed by atoms with Crippen molar-refractivity contribution < 1.29 is 9.59 Å². The second-order valence-corrected chi connectivity index (χ2v) is 5.94. The van der Waals surface area contributed by atoms with Crippen LogP contribution < -0.4 is 5.32 Å². The van der Waals surface area contributed by atoms with E-state index in [1.807, 2.05) is 4.90 Å². The molecule has 2 rings (SSSR count). The van der Waals surface area contributed by atoms with Crippen LogP contribution in [0.3, 0.4) is 0 Å². The molecular formula is C14H20N4O2. The number of hydrogen-bond acceptors (Lipinski definition) is 4. The van der Waals surface area contributed by atoms with Gasteiger partial charge in [-0.2, -0.15) is 0 Å². The number of rotatable bonds is 3. The lowest BCUT2D eigenvalue weighted by atomic mass is 9.84. The van der Waals surface area contributed by atoms with Crippen LogP contribution in [0.1, 0.15) is 31.3 Å². The fourth-order valence-corrected chi connectivity index (χ4v) is 2.25. The van der Waals surface area contributed by atoms with Crippen LogP contribution in [0, 0.1) is 11.3 Å². The average Bonchev–Trinajstić information content (AvgIpc) is 2.71. The number of carbonyl (C=O) groups excluding carboxylic acids is 2. The topological polar surface area (TPSA) is 75.2 Å². The van der Waals surface area contributed by atoms with Crippen molar-refractivity contribution in [1.29, 1.82) is 0 Å². The summed E-state index contributed by atoms with van der Waals surface area (Å²) in [5.41, 5.74) is 0.348. The maximum atomic E-state index is 12.1. The van der Waals surface area contributed by atoms with Crippen molar-refractivity contribution in [2.75, 3.05) is 19.6 Å². The van der Waals surface area contributed by atoms with Crippen LogP contribution in [-0.4, -0.2) is 46.3 Å². The Hall–Kier alpha value is -1.98. The molecule has 2 amide bonds. The molecule has 1 saturated heterocycles. The number of nitrogens with zero attached hydrogens (tertiary/aromatic N) is 3. The van der Waals surface area contributed by atoms with Crippen LogP contribution in [0.25, 0.3) is 0 Å². The molecule has 108 valence electrons. The van der Waals surface area contributed by atoms with E-state index in [0.29, 0.717) is 5.92 Å². The van der Waals surface area contributed by atoms with Crippen molar-refractivity contribution in [2.45, 2.75) is 20.8 Å². The highest BCUT2D eigenvalue weighted by Crippen LogP contribution is 2.34.